The third-order valence-corrected chi connectivity index (χ3v) is 2.79. The number of carbonyl (C=O) groups excluding carboxylic acids is 1. The Hall–Kier alpha value is -1.44. The van der Waals surface area contributed by atoms with Crippen LogP contribution in [0.2, 0.25) is 0 Å². The number of hydrogen-bond acceptors (Lipinski definition) is 4. The van der Waals surface area contributed by atoms with E-state index >= 15 is 0 Å². The molecule has 0 fully saturated rings. The van der Waals surface area contributed by atoms with Crippen LogP contribution in [0, 0.1) is 0 Å². The zero-order chi connectivity index (χ0) is 12.3. The van der Waals surface area contributed by atoms with Crippen molar-refractivity contribution in [2.45, 2.75) is 17.9 Å². The highest BCUT2D eigenvalue weighted by Crippen LogP contribution is 2.12. The molecule has 16 heavy (non-hydrogen) atoms. The van der Waals surface area contributed by atoms with E-state index in [2.05, 4.69) is 5.32 Å². The van der Waals surface area contributed by atoms with Crippen molar-refractivity contribution >= 4 is 21.6 Å². The van der Waals surface area contributed by atoms with Crippen LogP contribution >= 0.6 is 0 Å². The monoisotopic (exact) mass is 243 g/mol. The second kappa shape index (κ2) is 4.60. The quantitative estimate of drug-likeness (QED) is 0.671. The van der Waals surface area contributed by atoms with Crippen LogP contribution < -0.4 is 16.2 Å². The van der Waals surface area contributed by atoms with Gasteiger partial charge in [-0.25, -0.2) is 13.6 Å². The van der Waals surface area contributed by atoms with Crippen molar-refractivity contribution in [1.29, 1.82) is 0 Å². The van der Waals surface area contributed by atoms with E-state index in [4.69, 9.17) is 10.9 Å². The first-order valence-corrected chi connectivity index (χ1v) is 6.04. The number of benzene rings is 1. The third-order valence-electron chi connectivity index (χ3n) is 1.86. The molecule has 1 amide bonds. The molecule has 0 aliphatic rings. The number of nitrogens with one attached hydrogen (secondary N) is 1. The van der Waals surface area contributed by atoms with Gasteiger partial charge in [0.05, 0.1) is 10.9 Å². The standard InChI is InChI=1S/C9H13N3O3S/c1-6(10)9(13)12-7-2-4-8(5-3-7)16(11,14)15/h2-6H,10H2,1H3,(H,12,13)(H2,11,14,15)/t6-/m1/s1. The smallest absolute Gasteiger partial charge is 0.240 e. The van der Waals surface area contributed by atoms with Crippen LogP contribution in [0.4, 0.5) is 5.69 Å². The van der Waals surface area contributed by atoms with Crippen LogP contribution in [0.15, 0.2) is 29.2 Å². The molecule has 1 rings (SSSR count). The Morgan fingerprint density at radius 2 is 1.81 bits per heavy atom. The summed E-state index contributed by atoms with van der Waals surface area (Å²) in [6.07, 6.45) is 0. The van der Waals surface area contributed by atoms with Gasteiger partial charge in [-0.2, -0.15) is 0 Å². The number of hydrogen-bond donors (Lipinski definition) is 3. The molecule has 0 unspecified atom stereocenters. The average molecular weight is 243 g/mol. The van der Waals surface area contributed by atoms with Gasteiger partial charge in [0.25, 0.3) is 0 Å². The minimum absolute atomic E-state index is 0.00806. The van der Waals surface area contributed by atoms with E-state index < -0.39 is 16.1 Å². The summed E-state index contributed by atoms with van der Waals surface area (Å²) in [6, 6.07) is 4.89. The summed E-state index contributed by atoms with van der Waals surface area (Å²) < 4.78 is 21.9. The molecule has 0 bridgehead atoms. The molecule has 6 nitrogen and oxygen atoms in total. The number of nitrogens with two attached hydrogens (primary N) is 2. The van der Waals surface area contributed by atoms with Crippen molar-refractivity contribution in [3.05, 3.63) is 24.3 Å². The van der Waals surface area contributed by atoms with Gasteiger partial charge in [0.15, 0.2) is 0 Å². The van der Waals surface area contributed by atoms with E-state index in [0.29, 0.717) is 5.69 Å². The molecule has 7 heteroatoms. The molecule has 0 radical (unpaired) electrons. The lowest BCUT2D eigenvalue weighted by atomic mass is 10.3. The van der Waals surface area contributed by atoms with Gasteiger partial charge in [0, 0.05) is 5.69 Å². The maximum atomic E-state index is 11.2. The number of anilines is 1. The topological polar surface area (TPSA) is 115 Å². The number of rotatable bonds is 3. The lowest BCUT2D eigenvalue weighted by Crippen LogP contribution is -2.32. The molecule has 88 valence electrons. The number of sulfonamides is 1. The fourth-order valence-corrected chi connectivity index (χ4v) is 1.50. The Labute approximate surface area is 93.7 Å². The predicted octanol–water partition coefficient (Wildman–Crippen LogP) is -0.380. The molecular weight excluding hydrogens is 230 g/mol. The van der Waals surface area contributed by atoms with E-state index in [-0.39, 0.29) is 10.8 Å². The van der Waals surface area contributed by atoms with Gasteiger partial charge in [-0.05, 0) is 31.2 Å². The first-order valence-electron chi connectivity index (χ1n) is 4.50. The molecule has 1 atom stereocenters. The molecule has 0 spiro atoms. The first-order chi connectivity index (χ1) is 7.30. The molecule has 0 saturated heterocycles. The highest BCUT2D eigenvalue weighted by atomic mass is 32.2. The minimum Gasteiger partial charge on any atom is -0.325 e. The molecule has 1 aromatic carbocycles. The molecule has 1 aromatic rings. The Morgan fingerprint density at radius 1 is 1.31 bits per heavy atom. The normalized spacial score (nSPS) is 13.2. The summed E-state index contributed by atoms with van der Waals surface area (Å²) in [7, 11) is -3.70. The van der Waals surface area contributed by atoms with Gasteiger partial charge in [0.2, 0.25) is 15.9 Å². The van der Waals surface area contributed by atoms with Gasteiger partial charge in [-0.1, -0.05) is 0 Å². The summed E-state index contributed by atoms with van der Waals surface area (Å²) in [5.74, 6) is -0.344. The molecule has 0 aliphatic heterocycles. The Morgan fingerprint density at radius 3 is 2.19 bits per heavy atom. The van der Waals surface area contributed by atoms with Gasteiger partial charge in [0.1, 0.15) is 0 Å². The van der Waals surface area contributed by atoms with Crippen LogP contribution in [0.25, 0.3) is 0 Å². The summed E-state index contributed by atoms with van der Waals surface area (Å²) in [6.45, 7) is 1.55. The third kappa shape index (κ3) is 3.30. The zero-order valence-electron chi connectivity index (χ0n) is 8.67. The van der Waals surface area contributed by atoms with Gasteiger partial charge in [-0.15, -0.1) is 0 Å². The Bertz CT molecular complexity index is 479. The summed E-state index contributed by atoms with van der Waals surface area (Å²) >= 11 is 0. The number of amides is 1. The largest absolute Gasteiger partial charge is 0.325 e. The minimum atomic E-state index is -3.70. The van der Waals surface area contributed by atoms with Crippen molar-refractivity contribution in [1.82, 2.24) is 0 Å². The van der Waals surface area contributed by atoms with Crippen molar-refractivity contribution < 1.29 is 13.2 Å². The summed E-state index contributed by atoms with van der Waals surface area (Å²) in [4.78, 5) is 11.2. The van der Waals surface area contributed by atoms with E-state index in [1.165, 1.54) is 24.3 Å². The lowest BCUT2D eigenvalue weighted by molar-refractivity contribution is -0.117. The Kier molecular flexibility index (Phi) is 3.63. The SMILES string of the molecule is C[C@@H](N)C(=O)Nc1ccc(S(N)(=O)=O)cc1. The van der Waals surface area contributed by atoms with E-state index in [1.807, 2.05) is 0 Å². The summed E-state index contributed by atoms with van der Waals surface area (Å²) in [5.41, 5.74) is 5.82. The second-order valence-corrected chi connectivity index (χ2v) is 4.91. The Balaban J connectivity index is 2.84. The van der Waals surface area contributed by atoms with Crippen LogP contribution in [-0.4, -0.2) is 20.4 Å². The lowest BCUT2D eigenvalue weighted by Gasteiger charge is -2.07. The van der Waals surface area contributed by atoms with Crippen LogP contribution in [0.5, 0.6) is 0 Å². The molecule has 0 aromatic heterocycles. The second-order valence-electron chi connectivity index (χ2n) is 3.35. The first kappa shape index (κ1) is 12.6. The number of primary sulfonamides is 1. The van der Waals surface area contributed by atoms with Crippen molar-refractivity contribution in [3.63, 3.8) is 0 Å². The fourth-order valence-electron chi connectivity index (χ4n) is 0.984. The highest BCUT2D eigenvalue weighted by molar-refractivity contribution is 7.89. The van der Waals surface area contributed by atoms with E-state index in [9.17, 15) is 13.2 Å². The van der Waals surface area contributed by atoms with Gasteiger partial charge >= 0.3 is 0 Å². The molecular formula is C9H13N3O3S. The maximum absolute atomic E-state index is 11.2. The van der Waals surface area contributed by atoms with Crippen LogP contribution in [0.1, 0.15) is 6.92 Å². The van der Waals surface area contributed by atoms with Gasteiger partial charge < -0.3 is 11.1 Å². The van der Waals surface area contributed by atoms with Crippen LogP contribution in [0.3, 0.4) is 0 Å². The maximum Gasteiger partial charge on any atom is 0.240 e. The summed E-state index contributed by atoms with van der Waals surface area (Å²) in [5, 5.41) is 7.44. The van der Waals surface area contributed by atoms with Crippen molar-refractivity contribution in [2.75, 3.05) is 5.32 Å². The van der Waals surface area contributed by atoms with E-state index in [0.717, 1.165) is 0 Å². The molecule has 0 saturated carbocycles. The average Bonchev–Trinajstić information content (AvgIpc) is 2.17. The zero-order valence-corrected chi connectivity index (χ0v) is 9.49. The fraction of sp³-hybridized carbons (Fsp3) is 0.222. The van der Waals surface area contributed by atoms with Crippen molar-refractivity contribution in [3.8, 4) is 0 Å². The van der Waals surface area contributed by atoms with Crippen LogP contribution in [-0.2, 0) is 14.8 Å². The predicted molar refractivity (Wildman–Crippen MR) is 60.1 cm³/mol. The van der Waals surface area contributed by atoms with E-state index in [1.54, 1.807) is 6.92 Å². The molecule has 0 heterocycles. The number of carbonyl (C=O) groups is 1. The highest BCUT2D eigenvalue weighted by Gasteiger charge is 2.09. The van der Waals surface area contributed by atoms with Crippen molar-refractivity contribution in [2.24, 2.45) is 10.9 Å². The molecule has 0 aliphatic carbocycles. The van der Waals surface area contributed by atoms with Gasteiger partial charge in [-0.3, -0.25) is 4.79 Å². The molecule has 5 N–H and O–H groups in total.